The molecule has 0 aliphatic heterocycles. The molecule has 0 heterocycles. The highest BCUT2D eigenvalue weighted by molar-refractivity contribution is 5.98. The first kappa shape index (κ1) is 32.3. The molecule has 6 heteroatoms. The lowest BCUT2D eigenvalue weighted by molar-refractivity contribution is 0.0639. The first-order valence-corrected chi connectivity index (χ1v) is 15.7. The van der Waals surface area contributed by atoms with E-state index in [1.54, 1.807) is 0 Å². The Hall–Kier alpha value is -4.58. The third-order valence-corrected chi connectivity index (χ3v) is 7.39. The molecule has 0 bridgehead atoms. The molecule has 2 amide bonds. The molecule has 0 aliphatic rings. The van der Waals surface area contributed by atoms with Gasteiger partial charge in [-0.3, -0.25) is 9.59 Å². The van der Waals surface area contributed by atoms with E-state index in [-0.39, 0.29) is 11.8 Å². The molecule has 4 aromatic carbocycles. The zero-order valence-electron chi connectivity index (χ0n) is 26.0. The molecule has 0 aromatic heterocycles. The van der Waals surface area contributed by atoms with Gasteiger partial charge < -0.3 is 19.3 Å². The van der Waals surface area contributed by atoms with E-state index in [2.05, 4.69) is 13.8 Å². The molecule has 0 saturated heterocycles. The lowest BCUT2D eigenvalue weighted by Crippen LogP contribution is -2.41. The van der Waals surface area contributed by atoms with Gasteiger partial charge in [-0.1, -0.05) is 112 Å². The Morgan fingerprint density at radius 2 is 0.886 bits per heavy atom. The van der Waals surface area contributed by atoms with Gasteiger partial charge in [-0.05, 0) is 48.2 Å². The predicted molar refractivity (Wildman–Crippen MR) is 176 cm³/mol. The molecule has 0 unspecified atom stereocenters. The van der Waals surface area contributed by atoms with Gasteiger partial charge in [0.1, 0.15) is 11.5 Å². The van der Waals surface area contributed by atoms with E-state index >= 15 is 0 Å². The second-order valence-electron chi connectivity index (χ2n) is 10.8. The Labute approximate surface area is 262 Å². The second-order valence-corrected chi connectivity index (χ2v) is 10.8. The second kappa shape index (κ2) is 17.5. The third kappa shape index (κ3) is 9.46. The lowest BCUT2D eigenvalue weighted by Gasteiger charge is -2.29. The summed E-state index contributed by atoms with van der Waals surface area (Å²) in [5.41, 5.74) is 3.08. The Kier molecular flexibility index (Phi) is 12.9. The van der Waals surface area contributed by atoms with Crippen LogP contribution in [0.15, 0.2) is 109 Å². The van der Waals surface area contributed by atoms with Crippen LogP contribution in [-0.4, -0.2) is 47.9 Å². The van der Waals surface area contributed by atoms with E-state index in [9.17, 15) is 9.59 Å². The Morgan fingerprint density at radius 1 is 0.523 bits per heavy atom. The summed E-state index contributed by atoms with van der Waals surface area (Å²) in [6.07, 6.45) is 3.84. The zero-order valence-corrected chi connectivity index (χ0v) is 26.0. The minimum atomic E-state index is -0.128. The molecule has 4 rings (SSSR count). The standard InChI is InChI=1S/C38H44N2O4/c1-3-5-27-43-35-23-15-13-21-33(35)37(41)39(29-31-17-9-7-10-18-31)25-26-40(30-32-19-11-8-12-20-32)38(42)34-22-14-16-24-36(34)44-28-6-4-2/h7-24H,3-6,25-30H2,1-2H3. The number of amides is 2. The number of nitrogens with zero attached hydrogens (tertiary/aromatic N) is 2. The number of hydrogen-bond acceptors (Lipinski definition) is 4. The van der Waals surface area contributed by atoms with Crippen LogP contribution in [0.2, 0.25) is 0 Å². The number of benzene rings is 4. The molecule has 0 atom stereocenters. The fourth-order valence-electron chi connectivity index (χ4n) is 4.89. The van der Waals surface area contributed by atoms with E-state index in [0.29, 0.717) is 62.0 Å². The summed E-state index contributed by atoms with van der Waals surface area (Å²) in [7, 11) is 0. The molecule has 0 saturated carbocycles. The highest BCUT2D eigenvalue weighted by Crippen LogP contribution is 2.24. The molecule has 6 nitrogen and oxygen atoms in total. The molecular weight excluding hydrogens is 548 g/mol. The smallest absolute Gasteiger partial charge is 0.257 e. The number of para-hydroxylation sites is 2. The monoisotopic (exact) mass is 592 g/mol. The van der Waals surface area contributed by atoms with Gasteiger partial charge in [0.05, 0.1) is 24.3 Å². The van der Waals surface area contributed by atoms with Crippen LogP contribution in [0.1, 0.15) is 71.4 Å². The van der Waals surface area contributed by atoms with Gasteiger partial charge in [-0.2, -0.15) is 0 Å². The Bertz CT molecular complexity index is 1330. The van der Waals surface area contributed by atoms with E-state index < -0.39 is 0 Å². The Morgan fingerprint density at radius 3 is 1.27 bits per heavy atom. The van der Waals surface area contributed by atoms with Crippen molar-refractivity contribution in [3.05, 3.63) is 131 Å². The van der Waals surface area contributed by atoms with Crippen molar-refractivity contribution in [2.45, 2.75) is 52.6 Å². The molecule has 0 radical (unpaired) electrons. The first-order valence-electron chi connectivity index (χ1n) is 15.7. The molecule has 0 spiro atoms. The van der Waals surface area contributed by atoms with Crippen LogP contribution < -0.4 is 9.47 Å². The molecule has 0 fully saturated rings. The van der Waals surface area contributed by atoms with Crippen molar-refractivity contribution >= 4 is 11.8 Å². The third-order valence-electron chi connectivity index (χ3n) is 7.39. The van der Waals surface area contributed by atoms with Crippen molar-refractivity contribution in [1.82, 2.24) is 9.80 Å². The summed E-state index contributed by atoms with van der Waals surface area (Å²) < 4.78 is 12.1. The Balaban J connectivity index is 1.62. The van der Waals surface area contributed by atoms with Crippen molar-refractivity contribution in [3.8, 4) is 11.5 Å². The van der Waals surface area contributed by atoms with Crippen LogP contribution in [0.5, 0.6) is 11.5 Å². The maximum Gasteiger partial charge on any atom is 0.257 e. The maximum absolute atomic E-state index is 14.1. The molecule has 230 valence electrons. The average Bonchev–Trinajstić information content (AvgIpc) is 3.07. The van der Waals surface area contributed by atoms with Crippen molar-refractivity contribution in [2.24, 2.45) is 0 Å². The molecule has 4 aromatic rings. The zero-order chi connectivity index (χ0) is 31.0. The van der Waals surface area contributed by atoms with Gasteiger partial charge in [0, 0.05) is 26.2 Å². The fourth-order valence-corrected chi connectivity index (χ4v) is 4.89. The van der Waals surface area contributed by atoms with Crippen LogP contribution in [0.25, 0.3) is 0 Å². The maximum atomic E-state index is 14.1. The number of carbonyl (C=O) groups is 2. The number of hydrogen-bond donors (Lipinski definition) is 0. The molecular formula is C38H44N2O4. The van der Waals surface area contributed by atoms with Gasteiger partial charge in [0.15, 0.2) is 0 Å². The van der Waals surface area contributed by atoms with Crippen molar-refractivity contribution in [3.63, 3.8) is 0 Å². The normalized spacial score (nSPS) is 10.7. The van der Waals surface area contributed by atoms with E-state index in [0.717, 1.165) is 36.8 Å². The van der Waals surface area contributed by atoms with Crippen LogP contribution in [0.4, 0.5) is 0 Å². The van der Waals surface area contributed by atoms with Crippen LogP contribution >= 0.6 is 0 Å². The average molecular weight is 593 g/mol. The van der Waals surface area contributed by atoms with Gasteiger partial charge in [0.25, 0.3) is 11.8 Å². The van der Waals surface area contributed by atoms with Gasteiger partial charge in [-0.15, -0.1) is 0 Å². The summed E-state index contributed by atoms with van der Waals surface area (Å²) in [6, 6.07) is 34.7. The molecule has 0 N–H and O–H groups in total. The number of ether oxygens (including phenoxy) is 2. The summed E-state index contributed by atoms with van der Waals surface area (Å²) in [6.45, 7) is 6.83. The lowest BCUT2D eigenvalue weighted by atomic mass is 10.1. The number of unbranched alkanes of at least 4 members (excludes halogenated alkanes) is 2. The van der Waals surface area contributed by atoms with Crippen LogP contribution in [-0.2, 0) is 13.1 Å². The minimum Gasteiger partial charge on any atom is -0.493 e. The summed E-state index contributed by atoms with van der Waals surface area (Å²) >= 11 is 0. The van der Waals surface area contributed by atoms with Crippen LogP contribution in [0, 0.1) is 0 Å². The minimum absolute atomic E-state index is 0.128. The van der Waals surface area contributed by atoms with E-state index in [4.69, 9.17) is 9.47 Å². The van der Waals surface area contributed by atoms with Gasteiger partial charge in [-0.25, -0.2) is 0 Å². The van der Waals surface area contributed by atoms with Crippen molar-refractivity contribution < 1.29 is 19.1 Å². The quantitative estimate of drug-likeness (QED) is 0.117. The van der Waals surface area contributed by atoms with Crippen molar-refractivity contribution in [2.75, 3.05) is 26.3 Å². The molecule has 44 heavy (non-hydrogen) atoms. The summed E-state index contributed by atoms with van der Waals surface area (Å²) in [5, 5.41) is 0. The largest absolute Gasteiger partial charge is 0.493 e. The topological polar surface area (TPSA) is 59.1 Å². The first-order chi connectivity index (χ1) is 21.6. The number of rotatable bonds is 17. The predicted octanol–water partition coefficient (Wildman–Crippen LogP) is 8.03. The van der Waals surface area contributed by atoms with E-state index in [1.165, 1.54) is 0 Å². The SMILES string of the molecule is CCCCOc1ccccc1C(=O)N(CCN(Cc1ccccc1)C(=O)c1ccccc1OCCCC)Cc1ccccc1. The van der Waals surface area contributed by atoms with Gasteiger partial charge >= 0.3 is 0 Å². The summed E-state index contributed by atoms with van der Waals surface area (Å²) in [4.78, 5) is 31.9. The highest BCUT2D eigenvalue weighted by atomic mass is 16.5. The molecule has 0 aliphatic carbocycles. The highest BCUT2D eigenvalue weighted by Gasteiger charge is 2.24. The number of carbonyl (C=O) groups excluding carboxylic acids is 2. The fraction of sp³-hybridized carbons (Fsp3) is 0.316. The van der Waals surface area contributed by atoms with Gasteiger partial charge in [0.2, 0.25) is 0 Å². The van der Waals surface area contributed by atoms with Crippen LogP contribution in [0.3, 0.4) is 0 Å². The van der Waals surface area contributed by atoms with Crippen molar-refractivity contribution in [1.29, 1.82) is 0 Å². The van der Waals surface area contributed by atoms with E-state index in [1.807, 2.05) is 119 Å². The summed E-state index contributed by atoms with van der Waals surface area (Å²) in [5.74, 6) is 0.909.